The number of hydrogen-bond donors (Lipinski definition) is 2. The molecule has 33 heavy (non-hydrogen) atoms. The number of sulfone groups is 1. The third-order valence-corrected chi connectivity index (χ3v) is 7.14. The molecule has 0 radical (unpaired) electrons. The van der Waals surface area contributed by atoms with Crippen molar-refractivity contribution in [2.24, 2.45) is 10.2 Å². The van der Waals surface area contributed by atoms with E-state index in [1.807, 2.05) is 0 Å². The number of methoxy groups -OCH3 is 2. The van der Waals surface area contributed by atoms with E-state index in [4.69, 9.17) is 14.0 Å². The lowest BCUT2D eigenvalue weighted by Gasteiger charge is -2.10. The minimum Gasteiger partial charge on any atom is -0.496 e. The van der Waals surface area contributed by atoms with E-state index in [2.05, 4.69) is 14.4 Å². The summed E-state index contributed by atoms with van der Waals surface area (Å²) < 4.78 is 102. The molecule has 0 bridgehead atoms. The zero-order valence-corrected chi connectivity index (χ0v) is 19.9. The Balaban J connectivity index is 2.48. The lowest BCUT2D eigenvalue weighted by Crippen LogP contribution is -2.16. The van der Waals surface area contributed by atoms with Gasteiger partial charge in [-0.25, -0.2) is 12.6 Å². The first-order valence-corrected chi connectivity index (χ1v) is 13.2. The largest absolute Gasteiger partial charge is 0.496 e. The minimum atomic E-state index is -4.94. The first-order valence-electron chi connectivity index (χ1n) is 8.78. The van der Waals surface area contributed by atoms with Crippen molar-refractivity contribution in [3.8, 4) is 11.5 Å². The van der Waals surface area contributed by atoms with E-state index >= 15 is 0 Å². The summed E-state index contributed by atoms with van der Waals surface area (Å²) in [4.78, 5) is -1.43. The minimum absolute atomic E-state index is 0.167. The van der Waals surface area contributed by atoms with Gasteiger partial charge in [-0.1, -0.05) is 0 Å². The van der Waals surface area contributed by atoms with Crippen molar-refractivity contribution in [3.63, 3.8) is 0 Å². The van der Waals surface area contributed by atoms with E-state index in [1.54, 1.807) is 13.0 Å². The molecule has 0 saturated heterocycles. The van der Waals surface area contributed by atoms with Gasteiger partial charge in [-0.05, 0) is 36.8 Å². The summed E-state index contributed by atoms with van der Waals surface area (Å²) in [7, 11) is -11.2. The van der Waals surface area contributed by atoms with Crippen molar-refractivity contribution in [2.45, 2.75) is 16.7 Å². The van der Waals surface area contributed by atoms with E-state index in [9.17, 15) is 29.8 Å². The smallest absolute Gasteiger partial charge is 0.397 e. The average molecular weight is 525 g/mol. The van der Waals surface area contributed by atoms with Crippen LogP contribution in [0.4, 0.5) is 11.4 Å². The number of rotatable bonds is 10. The second-order valence-electron chi connectivity index (χ2n) is 6.37. The van der Waals surface area contributed by atoms with Crippen LogP contribution >= 0.6 is 0 Å². The molecule has 0 aromatic heterocycles. The molecule has 0 aliphatic heterocycles. The summed E-state index contributed by atoms with van der Waals surface area (Å²) in [6, 6.07) is 5.71. The summed E-state index contributed by atoms with van der Waals surface area (Å²) in [6.45, 7) is 0.845. The average Bonchev–Trinajstić information content (AvgIpc) is 2.70. The van der Waals surface area contributed by atoms with Crippen molar-refractivity contribution in [1.82, 2.24) is 0 Å². The SMILES string of the molecule is COc1cc(N=Nc2ccc(S(=O)(=O)CCOS(=O)(=O)O)cc2S(=O)(=O)O)c(OC)cc1C. The second kappa shape index (κ2) is 10.1. The molecule has 0 fully saturated rings. The number of nitrogens with zero attached hydrogens (tertiary/aromatic N) is 2. The fraction of sp³-hybridized carbons (Fsp3) is 0.294. The van der Waals surface area contributed by atoms with Crippen LogP contribution in [0.15, 0.2) is 50.4 Å². The van der Waals surface area contributed by atoms with Crippen molar-refractivity contribution in [2.75, 3.05) is 26.6 Å². The highest BCUT2D eigenvalue weighted by Crippen LogP contribution is 2.36. The molecule has 0 atom stereocenters. The zero-order valence-electron chi connectivity index (χ0n) is 17.5. The lowest BCUT2D eigenvalue weighted by atomic mass is 10.2. The molecule has 0 spiro atoms. The van der Waals surface area contributed by atoms with Crippen molar-refractivity contribution < 1.29 is 48.0 Å². The van der Waals surface area contributed by atoms with Crippen molar-refractivity contribution in [3.05, 3.63) is 35.9 Å². The Kier molecular flexibility index (Phi) is 8.15. The first-order chi connectivity index (χ1) is 15.2. The van der Waals surface area contributed by atoms with E-state index in [1.165, 1.54) is 20.3 Å². The quantitative estimate of drug-likeness (QED) is 0.342. The van der Waals surface area contributed by atoms with Crippen LogP contribution in [0.5, 0.6) is 11.5 Å². The van der Waals surface area contributed by atoms with Crippen molar-refractivity contribution >= 4 is 41.7 Å². The van der Waals surface area contributed by atoms with Gasteiger partial charge in [-0.2, -0.15) is 16.8 Å². The van der Waals surface area contributed by atoms with E-state index < -0.39 is 52.5 Å². The number of hydrogen-bond acceptors (Lipinski definition) is 11. The topological polar surface area (TPSA) is 195 Å². The molecule has 2 aromatic rings. The molecule has 2 aromatic carbocycles. The van der Waals surface area contributed by atoms with Crippen LogP contribution in [0.25, 0.3) is 0 Å². The molecule has 16 heteroatoms. The van der Waals surface area contributed by atoms with Gasteiger partial charge in [0.15, 0.2) is 9.84 Å². The Bertz CT molecular complexity index is 1380. The van der Waals surface area contributed by atoms with E-state index in [0.717, 1.165) is 17.7 Å². The molecule has 0 unspecified atom stereocenters. The maximum atomic E-state index is 12.4. The fourth-order valence-corrected chi connectivity index (χ4v) is 4.80. The van der Waals surface area contributed by atoms with Gasteiger partial charge in [0.25, 0.3) is 10.1 Å². The number of ether oxygens (including phenoxy) is 2. The monoisotopic (exact) mass is 524 g/mol. The molecule has 182 valence electrons. The number of aryl methyl sites for hydroxylation is 1. The first kappa shape index (κ1) is 26.6. The fourth-order valence-electron chi connectivity index (χ4n) is 2.56. The highest BCUT2D eigenvalue weighted by Gasteiger charge is 2.23. The standard InChI is InChI=1S/C17H20N2O11S3/c1-11-8-16(29-3)14(10-15(11)28-2)19-18-13-5-4-12(9-17(13)32(22,23)24)31(20,21)7-6-30-33(25,26)27/h4-5,8-10H,6-7H2,1-3H3,(H,22,23,24)(H,25,26,27). The normalized spacial score (nSPS) is 12.8. The highest BCUT2D eigenvalue weighted by molar-refractivity contribution is 7.91. The molecular weight excluding hydrogens is 504 g/mol. The molecule has 0 aliphatic rings. The van der Waals surface area contributed by atoms with Crippen LogP contribution in [-0.4, -0.2) is 60.9 Å². The summed E-state index contributed by atoms with van der Waals surface area (Å²) in [5, 5.41) is 7.71. The van der Waals surface area contributed by atoms with Crippen LogP contribution < -0.4 is 9.47 Å². The summed E-state index contributed by atoms with van der Waals surface area (Å²) in [5.41, 5.74) is 0.520. The Morgan fingerprint density at radius 1 is 0.848 bits per heavy atom. The molecule has 0 aliphatic carbocycles. The number of benzene rings is 2. The maximum Gasteiger partial charge on any atom is 0.397 e. The Hall–Kier alpha value is -2.63. The zero-order chi connectivity index (χ0) is 25.0. The Morgan fingerprint density at radius 3 is 2.00 bits per heavy atom. The number of azo groups is 1. The predicted octanol–water partition coefficient (Wildman–Crippen LogP) is 2.27. The second-order valence-corrected chi connectivity index (χ2v) is 11.0. The molecule has 2 N–H and O–H groups in total. The molecule has 0 amide bonds. The Labute approximate surface area is 190 Å². The van der Waals surface area contributed by atoms with Gasteiger partial charge < -0.3 is 9.47 Å². The summed E-state index contributed by atoms with van der Waals surface area (Å²) in [6.07, 6.45) is 0. The molecule has 0 saturated carbocycles. The third-order valence-electron chi connectivity index (χ3n) is 4.11. The maximum absolute atomic E-state index is 12.4. The summed E-state index contributed by atoms with van der Waals surface area (Å²) >= 11 is 0. The van der Waals surface area contributed by atoms with Crippen LogP contribution in [0.3, 0.4) is 0 Å². The molecule has 0 heterocycles. The summed E-state index contributed by atoms with van der Waals surface area (Å²) in [5.74, 6) is -0.157. The van der Waals surface area contributed by atoms with Crippen LogP contribution in [-0.2, 0) is 34.5 Å². The van der Waals surface area contributed by atoms with Gasteiger partial charge in [0, 0.05) is 6.07 Å². The van der Waals surface area contributed by atoms with Crippen LogP contribution in [0.2, 0.25) is 0 Å². The van der Waals surface area contributed by atoms with Crippen molar-refractivity contribution in [1.29, 1.82) is 0 Å². The predicted molar refractivity (Wildman–Crippen MR) is 114 cm³/mol. The van der Waals surface area contributed by atoms with Crippen LogP contribution in [0.1, 0.15) is 5.56 Å². The molecule has 2 rings (SSSR count). The lowest BCUT2D eigenvalue weighted by molar-refractivity contribution is 0.284. The molecule has 13 nitrogen and oxygen atoms in total. The van der Waals surface area contributed by atoms with Gasteiger partial charge in [-0.15, -0.1) is 10.2 Å². The highest BCUT2D eigenvalue weighted by atomic mass is 32.3. The van der Waals surface area contributed by atoms with Gasteiger partial charge in [-0.3, -0.25) is 9.11 Å². The third kappa shape index (κ3) is 7.18. The van der Waals surface area contributed by atoms with E-state index in [0.29, 0.717) is 17.6 Å². The van der Waals surface area contributed by atoms with Gasteiger partial charge in [0.05, 0.1) is 31.5 Å². The Morgan fingerprint density at radius 2 is 1.45 bits per heavy atom. The van der Waals surface area contributed by atoms with Gasteiger partial charge >= 0.3 is 10.4 Å². The van der Waals surface area contributed by atoms with Crippen LogP contribution in [0, 0.1) is 6.92 Å². The van der Waals surface area contributed by atoms with Gasteiger partial charge in [0.1, 0.15) is 27.8 Å². The van der Waals surface area contributed by atoms with E-state index in [-0.39, 0.29) is 11.4 Å². The molecular formula is C17H20N2O11S3. The van der Waals surface area contributed by atoms with Gasteiger partial charge in [0.2, 0.25) is 0 Å².